The van der Waals surface area contributed by atoms with E-state index in [2.05, 4.69) is 53.3 Å². The number of benzene rings is 1. The van der Waals surface area contributed by atoms with Crippen molar-refractivity contribution in [1.29, 1.82) is 0 Å². The molecule has 1 aromatic rings. The highest BCUT2D eigenvalue weighted by atomic mass is 79.9. The fraction of sp³-hybridized carbons (Fsp3) is 0.455. The fourth-order valence-corrected chi connectivity index (χ4v) is 2.17. The second kappa shape index (κ2) is 6.38. The van der Waals surface area contributed by atoms with E-state index in [4.69, 9.17) is 4.43 Å². The van der Waals surface area contributed by atoms with Crippen LogP contribution in [0.15, 0.2) is 24.3 Å². The lowest BCUT2D eigenvalue weighted by Gasteiger charge is -2.06. The van der Waals surface area contributed by atoms with Gasteiger partial charge < -0.3 is 4.43 Å². The first kappa shape index (κ1) is 11.9. The minimum atomic E-state index is -0.835. The van der Waals surface area contributed by atoms with Crippen molar-refractivity contribution in [3.05, 3.63) is 35.4 Å². The van der Waals surface area contributed by atoms with E-state index in [1.807, 2.05) is 0 Å². The normalized spacial score (nSPS) is 10.9. The Labute approximate surface area is 96.3 Å². The summed E-state index contributed by atoms with van der Waals surface area (Å²) in [6, 6.07) is 8.69. The quantitative estimate of drug-likeness (QED) is 0.591. The second-order valence-electron chi connectivity index (χ2n) is 3.62. The highest BCUT2D eigenvalue weighted by Gasteiger charge is 1.97. The van der Waals surface area contributed by atoms with E-state index in [0.717, 1.165) is 18.4 Å². The van der Waals surface area contributed by atoms with Gasteiger partial charge in [-0.1, -0.05) is 40.2 Å². The second-order valence-corrected chi connectivity index (χ2v) is 6.61. The molecule has 0 amide bonds. The van der Waals surface area contributed by atoms with Crippen LogP contribution < -0.4 is 0 Å². The van der Waals surface area contributed by atoms with Crippen LogP contribution in [0.3, 0.4) is 0 Å². The molecule has 0 radical (unpaired) electrons. The van der Waals surface area contributed by atoms with E-state index in [0.29, 0.717) is 0 Å². The molecule has 0 aliphatic rings. The van der Waals surface area contributed by atoms with Crippen LogP contribution in [0, 0.1) is 0 Å². The number of hydrogen-bond acceptors (Lipinski definition) is 1. The Hall–Kier alpha value is -0.123. The third-order valence-corrected chi connectivity index (χ3v) is 3.57. The molecular formula is C11H17BrOSi. The van der Waals surface area contributed by atoms with E-state index >= 15 is 0 Å². The number of alkyl halides is 1. The topological polar surface area (TPSA) is 9.23 Å². The van der Waals surface area contributed by atoms with Crippen molar-refractivity contribution in [1.82, 2.24) is 0 Å². The molecule has 0 fully saturated rings. The van der Waals surface area contributed by atoms with Crippen molar-refractivity contribution in [2.75, 3.05) is 6.61 Å². The molecule has 0 heterocycles. The highest BCUT2D eigenvalue weighted by Crippen LogP contribution is 2.08. The van der Waals surface area contributed by atoms with Gasteiger partial charge in [0.05, 0.1) is 0 Å². The maximum atomic E-state index is 5.63. The first-order valence-corrected chi connectivity index (χ1v) is 8.88. The third kappa shape index (κ3) is 4.40. The van der Waals surface area contributed by atoms with Crippen LogP contribution in [0.5, 0.6) is 0 Å². The smallest absolute Gasteiger partial charge is 0.170 e. The standard InChI is InChI=1S/C11H17BrOSi/c1-14(2)13-8-7-10-3-5-11(9-12)6-4-10/h3-6,14H,7-9H2,1-2H3. The summed E-state index contributed by atoms with van der Waals surface area (Å²) in [7, 11) is -0.835. The molecule has 0 aromatic heterocycles. The lowest BCUT2D eigenvalue weighted by molar-refractivity contribution is 0.331. The van der Waals surface area contributed by atoms with Gasteiger partial charge >= 0.3 is 0 Å². The van der Waals surface area contributed by atoms with E-state index in [1.165, 1.54) is 11.1 Å². The molecule has 1 nitrogen and oxygen atoms in total. The Kier molecular flexibility index (Phi) is 5.44. The Morgan fingerprint density at radius 1 is 1.14 bits per heavy atom. The lowest BCUT2D eigenvalue weighted by atomic mass is 10.1. The number of rotatable bonds is 5. The predicted octanol–water partition coefficient (Wildman–Crippen LogP) is 3.12. The molecule has 1 rings (SSSR count). The molecule has 1 aromatic carbocycles. The minimum Gasteiger partial charge on any atom is -0.420 e. The monoisotopic (exact) mass is 272 g/mol. The predicted molar refractivity (Wildman–Crippen MR) is 67.6 cm³/mol. The average molecular weight is 273 g/mol. The van der Waals surface area contributed by atoms with Gasteiger partial charge in [0.15, 0.2) is 9.04 Å². The van der Waals surface area contributed by atoms with Crippen LogP contribution >= 0.6 is 15.9 Å². The zero-order valence-electron chi connectivity index (χ0n) is 8.79. The van der Waals surface area contributed by atoms with Gasteiger partial charge in [-0.2, -0.15) is 0 Å². The molecule has 0 saturated carbocycles. The van der Waals surface area contributed by atoms with Crippen molar-refractivity contribution in [2.45, 2.75) is 24.8 Å². The van der Waals surface area contributed by atoms with Gasteiger partial charge in [0.1, 0.15) is 0 Å². The van der Waals surface area contributed by atoms with Crippen LogP contribution in [0.4, 0.5) is 0 Å². The van der Waals surface area contributed by atoms with Crippen LogP contribution in [-0.4, -0.2) is 15.6 Å². The summed E-state index contributed by atoms with van der Waals surface area (Å²) in [5.41, 5.74) is 2.69. The highest BCUT2D eigenvalue weighted by molar-refractivity contribution is 9.08. The summed E-state index contributed by atoms with van der Waals surface area (Å²) in [6.07, 6.45) is 1.04. The Morgan fingerprint density at radius 2 is 1.71 bits per heavy atom. The summed E-state index contributed by atoms with van der Waals surface area (Å²) in [5, 5.41) is 0.933. The molecule has 0 atom stereocenters. The Balaban J connectivity index is 2.36. The summed E-state index contributed by atoms with van der Waals surface area (Å²) in [4.78, 5) is 0. The molecule has 0 spiro atoms. The molecule has 0 bridgehead atoms. The third-order valence-electron chi connectivity index (χ3n) is 2.02. The van der Waals surface area contributed by atoms with Crippen molar-refractivity contribution < 1.29 is 4.43 Å². The largest absolute Gasteiger partial charge is 0.420 e. The van der Waals surface area contributed by atoms with Crippen molar-refractivity contribution in [2.24, 2.45) is 0 Å². The van der Waals surface area contributed by atoms with E-state index in [9.17, 15) is 0 Å². The maximum absolute atomic E-state index is 5.63. The van der Waals surface area contributed by atoms with Crippen LogP contribution in [-0.2, 0) is 16.2 Å². The maximum Gasteiger partial charge on any atom is 0.170 e. The van der Waals surface area contributed by atoms with Crippen LogP contribution in [0.2, 0.25) is 13.1 Å². The number of halogens is 1. The summed E-state index contributed by atoms with van der Waals surface area (Å²) >= 11 is 3.43. The van der Waals surface area contributed by atoms with Gasteiger partial charge in [-0.15, -0.1) is 0 Å². The Bertz CT molecular complexity index is 258. The molecule has 0 unspecified atom stereocenters. The van der Waals surface area contributed by atoms with Crippen molar-refractivity contribution in [3.63, 3.8) is 0 Å². The zero-order valence-corrected chi connectivity index (χ0v) is 11.5. The zero-order chi connectivity index (χ0) is 10.4. The van der Waals surface area contributed by atoms with Crippen LogP contribution in [0.1, 0.15) is 11.1 Å². The summed E-state index contributed by atoms with van der Waals surface area (Å²) < 4.78 is 5.63. The molecule has 0 saturated heterocycles. The molecule has 78 valence electrons. The summed E-state index contributed by atoms with van der Waals surface area (Å²) in [6.45, 7) is 5.28. The van der Waals surface area contributed by atoms with Crippen molar-refractivity contribution >= 4 is 25.0 Å². The average Bonchev–Trinajstić information content (AvgIpc) is 2.18. The molecule has 0 aliphatic heterocycles. The minimum absolute atomic E-state index is 0.835. The van der Waals surface area contributed by atoms with E-state index in [1.54, 1.807) is 0 Å². The lowest BCUT2D eigenvalue weighted by Crippen LogP contribution is -2.10. The van der Waals surface area contributed by atoms with E-state index < -0.39 is 9.04 Å². The van der Waals surface area contributed by atoms with Gasteiger partial charge in [-0.05, 0) is 30.6 Å². The molecule has 14 heavy (non-hydrogen) atoms. The van der Waals surface area contributed by atoms with E-state index in [-0.39, 0.29) is 0 Å². The molecule has 0 aliphatic carbocycles. The molecule has 3 heteroatoms. The molecular weight excluding hydrogens is 256 g/mol. The number of hydrogen-bond donors (Lipinski definition) is 0. The van der Waals surface area contributed by atoms with Gasteiger partial charge in [0.2, 0.25) is 0 Å². The SMILES string of the molecule is C[SiH](C)OCCc1ccc(CBr)cc1. The first-order valence-electron chi connectivity index (χ1n) is 4.97. The fourth-order valence-electron chi connectivity index (χ4n) is 1.21. The van der Waals surface area contributed by atoms with Gasteiger partial charge in [-0.3, -0.25) is 0 Å². The van der Waals surface area contributed by atoms with Gasteiger partial charge in [0.25, 0.3) is 0 Å². The Morgan fingerprint density at radius 3 is 2.21 bits per heavy atom. The van der Waals surface area contributed by atoms with Crippen molar-refractivity contribution in [3.8, 4) is 0 Å². The first-order chi connectivity index (χ1) is 6.72. The van der Waals surface area contributed by atoms with Crippen LogP contribution in [0.25, 0.3) is 0 Å². The van der Waals surface area contributed by atoms with Gasteiger partial charge in [0, 0.05) is 11.9 Å². The van der Waals surface area contributed by atoms with Gasteiger partial charge in [-0.25, -0.2) is 0 Å². The summed E-state index contributed by atoms with van der Waals surface area (Å²) in [5.74, 6) is 0. The molecule has 0 N–H and O–H groups in total.